The van der Waals surface area contributed by atoms with E-state index in [2.05, 4.69) is 0 Å². The van der Waals surface area contributed by atoms with Gasteiger partial charge in [-0.3, -0.25) is 0 Å². The normalized spacial score (nSPS) is 17.8. The van der Waals surface area contributed by atoms with E-state index in [0.29, 0.717) is 12.8 Å². The van der Waals surface area contributed by atoms with Gasteiger partial charge in [0, 0.05) is 32.3 Å². The van der Waals surface area contributed by atoms with Gasteiger partial charge in [-0.15, -0.1) is 0 Å². The summed E-state index contributed by atoms with van der Waals surface area (Å²) in [6, 6.07) is 17.3. The van der Waals surface area contributed by atoms with E-state index in [1.54, 1.807) is 35.2 Å². The van der Waals surface area contributed by atoms with Crippen LogP contribution in [0.25, 0.3) is 0 Å². The van der Waals surface area contributed by atoms with Crippen LogP contribution in [0, 0.1) is 0 Å². The molecule has 0 bridgehead atoms. The first-order chi connectivity index (χ1) is 14.0. The number of nitrogens with zero attached hydrogens (tertiary/aromatic N) is 2. The maximum absolute atomic E-state index is 13.1. The summed E-state index contributed by atoms with van der Waals surface area (Å²) >= 11 is 0. The number of aliphatic hydroxyl groups excluding tert-OH is 1. The molecule has 1 heterocycles. The summed E-state index contributed by atoms with van der Waals surface area (Å²) in [6.07, 6.45) is 0.461. The number of ether oxygens (including phenoxy) is 1. The Morgan fingerprint density at radius 2 is 1.69 bits per heavy atom. The van der Waals surface area contributed by atoms with Crippen LogP contribution in [0.2, 0.25) is 0 Å². The fraction of sp³-hybridized carbons (Fsp3) is 0.381. The lowest BCUT2D eigenvalue weighted by molar-refractivity contribution is 0.0676. The van der Waals surface area contributed by atoms with Crippen LogP contribution in [0.15, 0.2) is 65.6 Å². The molecule has 156 valence electrons. The zero-order chi connectivity index (χ0) is 20.7. The number of benzene rings is 2. The Kier molecular flexibility index (Phi) is 7.24. The third-order valence-electron chi connectivity index (χ3n) is 4.94. The molecule has 1 amide bonds. The number of amides is 1. The molecule has 1 fully saturated rings. The highest BCUT2D eigenvalue weighted by Gasteiger charge is 2.37. The fourth-order valence-electron chi connectivity index (χ4n) is 3.42. The van der Waals surface area contributed by atoms with Crippen molar-refractivity contribution in [2.75, 3.05) is 26.2 Å². The van der Waals surface area contributed by atoms with E-state index in [9.17, 15) is 18.3 Å². The molecule has 1 saturated heterocycles. The molecule has 2 aromatic rings. The minimum atomic E-state index is -3.67. The summed E-state index contributed by atoms with van der Waals surface area (Å²) in [5, 5.41) is 9.22. The Morgan fingerprint density at radius 3 is 2.34 bits per heavy atom. The Bertz CT molecular complexity index is 890. The Morgan fingerprint density at radius 1 is 1.03 bits per heavy atom. The SMILES string of the molecule is O=C(OCc1ccccc1)N1CCN(S(=O)(=O)c2ccccc2)C(CCCO)C1. The van der Waals surface area contributed by atoms with E-state index in [0.717, 1.165) is 5.56 Å². The van der Waals surface area contributed by atoms with Gasteiger partial charge >= 0.3 is 6.09 Å². The van der Waals surface area contributed by atoms with Gasteiger partial charge in [0.2, 0.25) is 10.0 Å². The van der Waals surface area contributed by atoms with Crippen LogP contribution in [-0.4, -0.2) is 61.1 Å². The summed E-state index contributed by atoms with van der Waals surface area (Å²) < 4.78 is 33.0. The summed E-state index contributed by atoms with van der Waals surface area (Å²) in [5.41, 5.74) is 0.892. The van der Waals surface area contributed by atoms with Crippen LogP contribution in [0.5, 0.6) is 0 Å². The number of hydrogen-bond donors (Lipinski definition) is 1. The topological polar surface area (TPSA) is 87.2 Å². The fourth-order valence-corrected chi connectivity index (χ4v) is 5.08. The lowest BCUT2D eigenvalue weighted by Crippen LogP contribution is -2.56. The maximum atomic E-state index is 13.1. The number of rotatable bonds is 7. The second-order valence-electron chi connectivity index (χ2n) is 6.93. The number of piperazine rings is 1. The molecule has 0 saturated carbocycles. The first-order valence-electron chi connectivity index (χ1n) is 9.66. The summed E-state index contributed by atoms with van der Waals surface area (Å²) in [4.78, 5) is 14.3. The predicted molar refractivity (Wildman–Crippen MR) is 109 cm³/mol. The van der Waals surface area contributed by atoms with Gasteiger partial charge in [-0.2, -0.15) is 4.31 Å². The molecule has 1 unspecified atom stereocenters. The molecule has 29 heavy (non-hydrogen) atoms. The highest BCUT2D eigenvalue weighted by Crippen LogP contribution is 2.24. The quantitative estimate of drug-likeness (QED) is 0.746. The van der Waals surface area contributed by atoms with Crippen LogP contribution < -0.4 is 0 Å². The minimum Gasteiger partial charge on any atom is -0.445 e. The Balaban J connectivity index is 1.69. The molecule has 1 atom stereocenters. The predicted octanol–water partition coefficient (Wildman–Crippen LogP) is 2.47. The Labute approximate surface area is 171 Å². The van der Waals surface area contributed by atoms with Crippen LogP contribution in [0.4, 0.5) is 4.79 Å². The zero-order valence-corrected chi connectivity index (χ0v) is 17.0. The molecule has 0 aliphatic carbocycles. The number of carbonyl (C=O) groups is 1. The first-order valence-corrected chi connectivity index (χ1v) is 11.1. The maximum Gasteiger partial charge on any atom is 0.410 e. The number of carbonyl (C=O) groups excluding carboxylic acids is 1. The molecule has 3 rings (SSSR count). The number of sulfonamides is 1. The largest absolute Gasteiger partial charge is 0.445 e. The molecule has 2 aromatic carbocycles. The molecule has 7 nitrogen and oxygen atoms in total. The van der Waals surface area contributed by atoms with Crippen molar-refractivity contribution >= 4 is 16.1 Å². The van der Waals surface area contributed by atoms with Crippen LogP contribution in [0.1, 0.15) is 18.4 Å². The van der Waals surface area contributed by atoms with Crippen LogP contribution in [-0.2, 0) is 21.4 Å². The third kappa shape index (κ3) is 5.35. The van der Waals surface area contributed by atoms with Gasteiger partial charge in [0.15, 0.2) is 0 Å². The molecule has 0 radical (unpaired) electrons. The monoisotopic (exact) mass is 418 g/mol. The summed E-state index contributed by atoms with van der Waals surface area (Å²) in [5.74, 6) is 0. The van der Waals surface area contributed by atoms with Gasteiger partial charge in [-0.1, -0.05) is 48.5 Å². The van der Waals surface area contributed by atoms with Crippen molar-refractivity contribution in [3.05, 3.63) is 66.2 Å². The van der Waals surface area contributed by atoms with E-state index in [1.165, 1.54) is 4.31 Å². The molecular weight excluding hydrogens is 392 g/mol. The molecule has 0 aromatic heterocycles. The van der Waals surface area contributed by atoms with Gasteiger partial charge in [0.1, 0.15) is 6.61 Å². The van der Waals surface area contributed by atoms with Gasteiger partial charge in [-0.05, 0) is 30.5 Å². The van der Waals surface area contributed by atoms with Crippen molar-refractivity contribution in [3.8, 4) is 0 Å². The van der Waals surface area contributed by atoms with Crippen LogP contribution >= 0.6 is 0 Å². The molecule has 1 N–H and O–H groups in total. The summed E-state index contributed by atoms with van der Waals surface area (Å²) in [6.45, 7) is 0.820. The van der Waals surface area contributed by atoms with Crippen molar-refractivity contribution in [2.45, 2.75) is 30.4 Å². The van der Waals surface area contributed by atoms with Crippen molar-refractivity contribution in [1.29, 1.82) is 0 Å². The van der Waals surface area contributed by atoms with E-state index in [1.807, 2.05) is 30.3 Å². The highest BCUT2D eigenvalue weighted by atomic mass is 32.2. The van der Waals surface area contributed by atoms with Gasteiger partial charge < -0.3 is 14.7 Å². The van der Waals surface area contributed by atoms with Crippen molar-refractivity contribution in [1.82, 2.24) is 9.21 Å². The second-order valence-corrected chi connectivity index (χ2v) is 8.83. The van der Waals surface area contributed by atoms with Crippen LogP contribution in [0.3, 0.4) is 0 Å². The highest BCUT2D eigenvalue weighted by molar-refractivity contribution is 7.89. The smallest absolute Gasteiger partial charge is 0.410 e. The first kappa shape index (κ1) is 21.3. The third-order valence-corrected chi connectivity index (χ3v) is 6.90. The standard InChI is InChI=1S/C21H26N2O5S/c24-15-7-10-19-16-22(21(25)28-17-18-8-3-1-4-9-18)13-14-23(19)29(26,27)20-11-5-2-6-12-20/h1-6,8-9,11-12,19,24H,7,10,13-17H2. The second kappa shape index (κ2) is 9.87. The van der Waals surface area contributed by atoms with Crippen molar-refractivity contribution in [2.24, 2.45) is 0 Å². The molecular formula is C21H26N2O5S. The van der Waals surface area contributed by atoms with Gasteiger partial charge in [0.25, 0.3) is 0 Å². The van der Waals surface area contributed by atoms with Crippen molar-refractivity contribution < 1.29 is 23.1 Å². The summed E-state index contributed by atoms with van der Waals surface area (Å²) in [7, 11) is -3.67. The lowest BCUT2D eigenvalue weighted by Gasteiger charge is -2.40. The van der Waals surface area contributed by atoms with E-state index in [-0.39, 0.29) is 37.7 Å². The number of aliphatic hydroxyl groups is 1. The average molecular weight is 419 g/mol. The molecule has 8 heteroatoms. The minimum absolute atomic E-state index is 0.0336. The lowest BCUT2D eigenvalue weighted by atomic mass is 10.1. The Hall–Kier alpha value is -2.42. The van der Waals surface area contributed by atoms with E-state index >= 15 is 0 Å². The van der Waals surface area contributed by atoms with Gasteiger partial charge in [0.05, 0.1) is 4.90 Å². The van der Waals surface area contributed by atoms with Gasteiger partial charge in [-0.25, -0.2) is 13.2 Å². The molecule has 0 spiro atoms. The zero-order valence-electron chi connectivity index (χ0n) is 16.2. The van der Waals surface area contributed by atoms with E-state index < -0.39 is 22.2 Å². The number of hydrogen-bond acceptors (Lipinski definition) is 5. The molecule has 1 aliphatic heterocycles. The van der Waals surface area contributed by atoms with E-state index in [4.69, 9.17) is 4.74 Å². The molecule has 1 aliphatic rings. The van der Waals surface area contributed by atoms with Crippen molar-refractivity contribution in [3.63, 3.8) is 0 Å². The average Bonchev–Trinajstić information content (AvgIpc) is 2.77.